The van der Waals surface area contributed by atoms with E-state index in [4.69, 9.17) is 5.11 Å². The van der Waals surface area contributed by atoms with E-state index in [2.05, 4.69) is 5.32 Å². The summed E-state index contributed by atoms with van der Waals surface area (Å²) in [5.74, 6) is -1.18. The Labute approximate surface area is 81.3 Å². The van der Waals surface area contributed by atoms with E-state index in [0.717, 1.165) is 6.42 Å². The molecular formula is C10H11NO3. The number of nitrogens with one attached hydrogen (secondary N) is 1. The predicted octanol–water partition coefficient (Wildman–Crippen LogP) is 0.462. The minimum atomic E-state index is -0.970. The van der Waals surface area contributed by atoms with Gasteiger partial charge in [0.25, 0.3) is 0 Å². The van der Waals surface area contributed by atoms with Gasteiger partial charge in [-0.25, -0.2) is 4.79 Å². The fraction of sp³-hybridized carbons (Fsp3) is 0.400. The molecule has 1 amide bonds. The molecule has 1 spiro atoms. The molecular weight excluding hydrogens is 182 g/mol. The van der Waals surface area contributed by atoms with Crippen LogP contribution in [0.15, 0.2) is 24.3 Å². The Bertz CT molecular complexity index is 331. The minimum Gasteiger partial charge on any atom is -0.480 e. The summed E-state index contributed by atoms with van der Waals surface area (Å²) in [4.78, 5) is 22.3. The first-order valence-electron chi connectivity index (χ1n) is 4.53. The molecule has 1 fully saturated rings. The monoisotopic (exact) mass is 193 g/mol. The molecule has 2 rings (SSSR count). The van der Waals surface area contributed by atoms with Crippen LogP contribution in [0.4, 0.5) is 0 Å². The first-order valence-corrected chi connectivity index (χ1v) is 4.53. The highest BCUT2D eigenvalue weighted by Gasteiger charge is 2.46. The number of amides is 1. The molecule has 0 aromatic carbocycles. The van der Waals surface area contributed by atoms with Gasteiger partial charge in [-0.2, -0.15) is 0 Å². The van der Waals surface area contributed by atoms with E-state index in [1.54, 1.807) is 12.2 Å². The highest BCUT2D eigenvalue weighted by atomic mass is 16.4. The standard InChI is InChI=1S/C10H11NO3/c12-8(13)7-6-10(9(14)11-7)4-2-1-3-5-10/h2-5,7H,1,6H2,(H,11,14)(H,12,13). The van der Waals surface area contributed by atoms with E-state index in [1.807, 2.05) is 12.2 Å². The van der Waals surface area contributed by atoms with Crippen molar-refractivity contribution in [2.75, 3.05) is 0 Å². The molecule has 74 valence electrons. The van der Waals surface area contributed by atoms with Gasteiger partial charge in [-0.15, -0.1) is 0 Å². The summed E-state index contributed by atoms with van der Waals surface area (Å²) in [6, 6.07) is -0.755. The second-order valence-electron chi connectivity index (χ2n) is 3.65. The summed E-state index contributed by atoms with van der Waals surface area (Å²) < 4.78 is 0. The topological polar surface area (TPSA) is 66.4 Å². The third kappa shape index (κ3) is 1.23. The molecule has 4 heteroatoms. The number of carboxylic acid groups (broad SMARTS) is 1. The number of allylic oxidation sites excluding steroid dienone is 2. The van der Waals surface area contributed by atoms with Crippen LogP contribution in [0, 0.1) is 5.41 Å². The molecule has 1 heterocycles. The SMILES string of the molecule is O=C(O)C1CC2(C=CCC=C2)C(=O)N1. The van der Waals surface area contributed by atoms with E-state index >= 15 is 0 Å². The molecule has 0 bridgehead atoms. The predicted molar refractivity (Wildman–Crippen MR) is 49.5 cm³/mol. The third-order valence-corrected chi connectivity index (χ3v) is 2.67. The molecule has 0 saturated carbocycles. The molecule has 1 aliphatic heterocycles. The second-order valence-corrected chi connectivity index (χ2v) is 3.65. The first kappa shape index (κ1) is 8.99. The number of carboxylic acids is 1. The van der Waals surface area contributed by atoms with Gasteiger partial charge < -0.3 is 10.4 Å². The Morgan fingerprint density at radius 3 is 2.64 bits per heavy atom. The van der Waals surface area contributed by atoms with Crippen molar-refractivity contribution in [2.45, 2.75) is 18.9 Å². The van der Waals surface area contributed by atoms with Crippen LogP contribution in [0.3, 0.4) is 0 Å². The van der Waals surface area contributed by atoms with Crippen LogP contribution in [-0.2, 0) is 9.59 Å². The van der Waals surface area contributed by atoms with Gasteiger partial charge in [0.05, 0.1) is 5.41 Å². The fourth-order valence-electron chi connectivity index (χ4n) is 1.90. The summed E-state index contributed by atoms with van der Waals surface area (Å²) in [5, 5.41) is 11.3. The summed E-state index contributed by atoms with van der Waals surface area (Å²) in [6.45, 7) is 0. The van der Waals surface area contributed by atoms with Gasteiger partial charge in [0.1, 0.15) is 6.04 Å². The second kappa shape index (κ2) is 2.97. The minimum absolute atomic E-state index is 0.211. The Morgan fingerprint density at radius 1 is 1.50 bits per heavy atom. The lowest BCUT2D eigenvalue weighted by Crippen LogP contribution is -2.33. The van der Waals surface area contributed by atoms with Gasteiger partial charge in [0, 0.05) is 0 Å². The van der Waals surface area contributed by atoms with Crippen LogP contribution in [-0.4, -0.2) is 23.0 Å². The van der Waals surface area contributed by atoms with Gasteiger partial charge in [0.15, 0.2) is 0 Å². The van der Waals surface area contributed by atoms with Crippen LogP contribution >= 0.6 is 0 Å². The highest BCUT2D eigenvalue weighted by molar-refractivity contribution is 5.94. The van der Waals surface area contributed by atoms with Crippen molar-refractivity contribution < 1.29 is 14.7 Å². The number of hydrogen-bond acceptors (Lipinski definition) is 2. The smallest absolute Gasteiger partial charge is 0.326 e. The summed E-state index contributed by atoms with van der Waals surface area (Å²) >= 11 is 0. The molecule has 1 unspecified atom stereocenters. The van der Waals surface area contributed by atoms with Crippen LogP contribution in [0.2, 0.25) is 0 Å². The van der Waals surface area contributed by atoms with E-state index in [1.165, 1.54) is 0 Å². The average molecular weight is 193 g/mol. The van der Waals surface area contributed by atoms with Crippen molar-refractivity contribution in [3.8, 4) is 0 Å². The molecule has 4 nitrogen and oxygen atoms in total. The highest BCUT2D eigenvalue weighted by Crippen LogP contribution is 2.35. The number of aliphatic carboxylic acids is 1. The molecule has 1 atom stereocenters. The molecule has 1 saturated heterocycles. The Morgan fingerprint density at radius 2 is 2.14 bits per heavy atom. The van der Waals surface area contributed by atoms with Crippen LogP contribution in [0.5, 0.6) is 0 Å². The van der Waals surface area contributed by atoms with Gasteiger partial charge in [0.2, 0.25) is 5.91 Å². The lowest BCUT2D eigenvalue weighted by molar-refractivity contribution is -0.140. The largest absolute Gasteiger partial charge is 0.480 e. The Hall–Kier alpha value is -1.58. The zero-order chi connectivity index (χ0) is 10.2. The molecule has 14 heavy (non-hydrogen) atoms. The van der Waals surface area contributed by atoms with E-state index in [-0.39, 0.29) is 5.91 Å². The first-order chi connectivity index (χ1) is 6.64. The average Bonchev–Trinajstić information content (AvgIpc) is 2.46. The van der Waals surface area contributed by atoms with Crippen molar-refractivity contribution in [3.63, 3.8) is 0 Å². The number of rotatable bonds is 1. The van der Waals surface area contributed by atoms with Gasteiger partial charge >= 0.3 is 5.97 Å². The van der Waals surface area contributed by atoms with E-state index in [0.29, 0.717) is 6.42 Å². The molecule has 0 aromatic rings. The van der Waals surface area contributed by atoms with Crippen molar-refractivity contribution in [2.24, 2.45) is 5.41 Å². The molecule has 2 aliphatic rings. The van der Waals surface area contributed by atoms with Gasteiger partial charge in [-0.3, -0.25) is 4.79 Å². The molecule has 1 aliphatic carbocycles. The zero-order valence-corrected chi connectivity index (χ0v) is 7.56. The van der Waals surface area contributed by atoms with Crippen molar-refractivity contribution in [1.82, 2.24) is 5.32 Å². The summed E-state index contributed by atoms with van der Waals surface area (Å²) in [7, 11) is 0. The van der Waals surface area contributed by atoms with Gasteiger partial charge in [-0.05, 0) is 12.8 Å². The zero-order valence-electron chi connectivity index (χ0n) is 7.56. The van der Waals surface area contributed by atoms with Gasteiger partial charge in [-0.1, -0.05) is 24.3 Å². The van der Waals surface area contributed by atoms with Crippen LogP contribution in [0.25, 0.3) is 0 Å². The maximum absolute atomic E-state index is 11.6. The Kier molecular flexibility index (Phi) is 1.91. The lowest BCUT2D eigenvalue weighted by atomic mass is 9.81. The molecule has 0 radical (unpaired) electrons. The number of carbonyl (C=O) groups excluding carboxylic acids is 1. The molecule has 0 aromatic heterocycles. The number of hydrogen-bond donors (Lipinski definition) is 2. The van der Waals surface area contributed by atoms with E-state index in [9.17, 15) is 9.59 Å². The lowest BCUT2D eigenvalue weighted by Gasteiger charge is -2.19. The Balaban J connectivity index is 2.26. The van der Waals surface area contributed by atoms with Crippen LogP contribution < -0.4 is 5.32 Å². The third-order valence-electron chi connectivity index (χ3n) is 2.67. The van der Waals surface area contributed by atoms with Crippen molar-refractivity contribution in [1.29, 1.82) is 0 Å². The van der Waals surface area contributed by atoms with Crippen molar-refractivity contribution >= 4 is 11.9 Å². The normalized spacial score (nSPS) is 28.0. The maximum atomic E-state index is 11.6. The maximum Gasteiger partial charge on any atom is 0.326 e. The summed E-state index contributed by atoms with van der Waals surface area (Å²) in [6.07, 6.45) is 8.51. The summed E-state index contributed by atoms with van der Waals surface area (Å²) in [5.41, 5.74) is -0.707. The fourth-order valence-corrected chi connectivity index (χ4v) is 1.90. The van der Waals surface area contributed by atoms with E-state index < -0.39 is 17.4 Å². The van der Waals surface area contributed by atoms with Crippen molar-refractivity contribution in [3.05, 3.63) is 24.3 Å². The van der Waals surface area contributed by atoms with Crippen LogP contribution in [0.1, 0.15) is 12.8 Å². The number of carbonyl (C=O) groups is 2. The molecule has 2 N–H and O–H groups in total. The quantitative estimate of drug-likeness (QED) is 0.594.